The Morgan fingerprint density at radius 1 is 1.18 bits per heavy atom. The van der Waals surface area contributed by atoms with E-state index in [1.165, 1.54) is 6.07 Å². The van der Waals surface area contributed by atoms with E-state index in [-0.39, 0.29) is 12.2 Å². The molecule has 2 aromatic carbocycles. The van der Waals surface area contributed by atoms with E-state index in [1.54, 1.807) is 18.2 Å². The third kappa shape index (κ3) is 2.26. The highest BCUT2D eigenvalue weighted by Gasteiger charge is 2.19. The standard InChI is InChI=1S/C18H16FNO2/c1-10-7-8-12-14(9-16(21)22)18(20-17(12)11(10)2)13-5-3-4-6-15(13)19/h3-8,20H,9H2,1-2H3,(H,21,22). The average molecular weight is 297 g/mol. The molecule has 0 fully saturated rings. The van der Waals surface area contributed by atoms with Crippen LogP contribution in [0.25, 0.3) is 22.2 Å². The first-order valence-corrected chi connectivity index (χ1v) is 7.06. The molecule has 1 aromatic heterocycles. The zero-order valence-corrected chi connectivity index (χ0v) is 12.4. The smallest absolute Gasteiger partial charge is 0.307 e. The molecule has 0 atom stereocenters. The van der Waals surface area contributed by atoms with Crippen molar-refractivity contribution in [1.82, 2.24) is 4.98 Å². The van der Waals surface area contributed by atoms with E-state index >= 15 is 0 Å². The van der Waals surface area contributed by atoms with E-state index in [9.17, 15) is 14.3 Å². The molecule has 0 saturated carbocycles. The fourth-order valence-electron chi connectivity index (χ4n) is 2.79. The summed E-state index contributed by atoms with van der Waals surface area (Å²) in [5.74, 6) is -1.30. The number of benzene rings is 2. The van der Waals surface area contributed by atoms with Crippen molar-refractivity contribution in [2.45, 2.75) is 20.3 Å². The predicted molar refractivity (Wildman–Crippen MR) is 84.5 cm³/mol. The van der Waals surface area contributed by atoms with Crippen LogP contribution in [0.3, 0.4) is 0 Å². The van der Waals surface area contributed by atoms with Gasteiger partial charge in [-0.3, -0.25) is 4.79 Å². The average Bonchev–Trinajstić information content (AvgIpc) is 2.82. The summed E-state index contributed by atoms with van der Waals surface area (Å²) in [5, 5.41) is 10.0. The van der Waals surface area contributed by atoms with Gasteiger partial charge >= 0.3 is 5.97 Å². The number of aromatic nitrogens is 1. The van der Waals surface area contributed by atoms with Crippen LogP contribution in [0.5, 0.6) is 0 Å². The summed E-state index contributed by atoms with van der Waals surface area (Å²) in [6, 6.07) is 10.3. The summed E-state index contributed by atoms with van der Waals surface area (Å²) in [4.78, 5) is 14.5. The van der Waals surface area contributed by atoms with Gasteiger partial charge in [0.1, 0.15) is 5.82 Å². The van der Waals surface area contributed by atoms with Gasteiger partial charge in [0.05, 0.1) is 12.1 Å². The highest BCUT2D eigenvalue weighted by Crippen LogP contribution is 2.34. The summed E-state index contributed by atoms with van der Waals surface area (Å²) in [6.45, 7) is 3.97. The first-order chi connectivity index (χ1) is 10.5. The first-order valence-electron chi connectivity index (χ1n) is 7.06. The fourth-order valence-corrected chi connectivity index (χ4v) is 2.79. The number of carboxylic acids is 1. The van der Waals surface area contributed by atoms with Crippen LogP contribution in [0.15, 0.2) is 36.4 Å². The number of carboxylic acid groups (broad SMARTS) is 1. The Balaban J connectivity index is 2.36. The molecule has 3 nitrogen and oxygen atoms in total. The third-order valence-electron chi connectivity index (χ3n) is 4.08. The molecule has 0 saturated heterocycles. The maximum Gasteiger partial charge on any atom is 0.307 e. The van der Waals surface area contributed by atoms with E-state index in [0.717, 1.165) is 22.0 Å². The number of aryl methyl sites for hydroxylation is 2. The van der Waals surface area contributed by atoms with Crippen molar-refractivity contribution in [3.63, 3.8) is 0 Å². The lowest BCUT2D eigenvalue weighted by Crippen LogP contribution is -2.01. The number of hydrogen-bond donors (Lipinski definition) is 2. The topological polar surface area (TPSA) is 53.1 Å². The van der Waals surface area contributed by atoms with Crippen molar-refractivity contribution in [2.75, 3.05) is 0 Å². The number of halogens is 1. The molecule has 2 N–H and O–H groups in total. The van der Waals surface area contributed by atoms with Crippen LogP contribution in [0.4, 0.5) is 4.39 Å². The molecular formula is C18H16FNO2. The van der Waals surface area contributed by atoms with Crippen LogP contribution in [0, 0.1) is 19.7 Å². The molecule has 0 bridgehead atoms. The number of fused-ring (bicyclic) bond motifs is 1. The molecule has 0 aliphatic rings. The van der Waals surface area contributed by atoms with Crippen molar-refractivity contribution < 1.29 is 14.3 Å². The molecule has 0 aliphatic heterocycles. The zero-order valence-electron chi connectivity index (χ0n) is 12.4. The van der Waals surface area contributed by atoms with Crippen molar-refractivity contribution in [3.8, 4) is 11.3 Å². The molecule has 112 valence electrons. The minimum absolute atomic E-state index is 0.147. The Kier molecular flexibility index (Phi) is 3.45. The fraction of sp³-hybridized carbons (Fsp3) is 0.167. The van der Waals surface area contributed by atoms with Gasteiger partial charge in [0.15, 0.2) is 0 Å². The number of nitrogens with one attached hydrogen (secondary N) is 1. The second-order valence-corrected chi connectivity index (χ2v) is 5.46. The van der Waals surface area contributed by atoms with Gasteiger partial charge in [-0.2, -0.15) is 0 Å². The van der Waals surface area contributed by atoms with Crippen molar-refractivity contribution >= 4 is 16.9 Å². The molecule has 0 spiro atoms. The second kappa shape index (κ2) is 5.30. The second-order valence-electron chi connectivity index (χ2n) is 5.46. The van der Waals surface area contributed by atoms with Crippen LogP contribution < -0.4 is 0 Å². The molecule has 4 heteroatoms. The number of hydrogen-bond acceptors (Lipinski definition) is 1. The number of aromatic amines is 1. The summed E-state index contributed by atoms with van der Waals surface area (Å²) >= 11 is 0. The first kappa shape index (κ1) is 14.3. The molecule has 22 heavy (non-hydrogen) atoms. The minimum Gasteiger partial charge on any atom is -0.481 e. The molecule has 0 unspecified atom stereocenters. The van der Waals surface area contributed by atoms with E-state index < -0.39 is 5.97 Å². The lowest BCUT2D eigenvalue weighted by atomic mass is 10.00. The normalized spacial score (nSPS) is 11.0. The third-order valence-corrected chi connectivity index (χ3v) is 4.08. The van der Waals surface area contributed by atoms with Gasteiger partial charge in [0.25, 0.3) is 0 Å². The Hall–Kier alpha value is -2.62. The molecule has 0 aliphatic carbocycles. The maximum atomic E-state index is 14.1. The number of aliphatic carboxylic acids is 1. The van der Waals surface area contributed by atoms with E-state index in [4.69, 9.17) is 0 Å². The van der Waals surface area contributed by atoms with Crippen LogP contribution >= 0.6 is 0 Å². The van der Waals surface area contributed by atoms with Crippen molar-refractivity contribution in [2.24, 2.45) is 0 Å². The van der Waals surface area contributed by atoms with Gasteiger partial charge in [-0.25, -0.2) is 4.39 Å². The maximum absolute atomic E-state index is 14.1. The SMILES string of the molecule is Cc1ccc2c(CC(=O)O)c(-c3ccccc3F)[nH]c2c1C. The van der Waals surface area contributed by atoms with E-state index in [0.29, 0.717) is 16.8 Å². The minimum atomic E-state index is -0.934. The van der Waals surface area contributed by atoms with Gasteiger partial charge in [0, 0.05) is 16.5 Å². The Labute approximate surface area is 127 Å². The van der Waals surface area contributed by atoms with Gasteiger partial charge in [-0.1, -0.05) is 24.3 Å². The van der Waals surface area contributed by atoms with E-state index in [2.05, 4.69) is 4.98 Å². The number of carbonyl (C=O) groups is 1. The van der Waals surface area contributed by atoms with Gasteiger partial charge in [-0.05, 0) is 42.7 Å². The van der Waals surface area contributed by atoms with Gasteiger partial charge < -0.3 is 10.1 Å². The summed E-state index contributed by atoms with van der Waals surface area (Å²) in [5.41, 5.74) is 4.59. The monoisotopic (exact) mass is 297 g/mol. The van der Waals surface area contributed by atoms with Crippen LogP contribution in [0.1, 0.15) is 16.7 Å². The van der Waals surface area contributed by atoms with Crippen LogP contribution in [-0.4, -0.2) is 16.1 Å². The number of H-pyrrole nitrogens is 1. The highest BCUT2D eigenvalue weighted by atomic mass is 19.1. The molecule has 1 heterocycles. The Morgan fingerprint density at radius 2 is 1.91 bits per heavy atom. The Bertz CT molecular complexity index is 880. The Morgan fingerprint density at radius 3 is 2.59 bits per heavy atom. The largest absolute Gasteiger partial charge is 0.481 e. The van der Waals surface area contributed by atoms with Gasteiger partial charge in [-0.15, -0.1) is 0 Å². The summed E-state index contributed by atoms with van der Waals surface area (Å²) in [6.07, 6.45) is -0.147. The molecule has 0 radical (unpaired) electrons. The molecular weight excluding hydrogens is 281 g/mol. The van der Waals surface area contributed by atoms with Gasteiger partial charge in [0.2, 0.25) is 0 Å². The molecule has 0 amide bonds. The quantitative estimate of drug-likeness (QED) is 0.760. The molecule has 3 rings (SSSR count). The number of rotatable bonds is 3. The lowest BCUT2D eigenvalue weighted by molar-refractivity contribution is -0.136. The summed E-state index contributed by atoms with van der Waals surface area (Å²) in [7, 11) is 0. The predicted octanol–water partition coefficient (Wildman–Crippen LogP) is 4.22. The summed E-state index contributed by atoms with van der Waals surface area (Å²) < 4.78 is 14.1. The highest BCUT2D eigenvalue weighted by molar-refractivity contribution is 5.96. The van der Waals surface area contributed by atoms with Crippen molar-refractivity contribution in [3.05, 3.63) is 58.9 Å². The van der Waals surface area contributed by atoms with Crippen LogP contribution in [-0.2, 0) is 11.2 Å². The van der Waals surface area contributed by atoms with Crippen molar-refractivity contribution in [1.29, 1.82) is 0 Å². The lowest BCUT2D eigenvalue weighted by Gasteiger charge is -2.04. The van der Waals surface area contributed by atoms with Crippen LogP contribution in [0.2, 0.25) is 0 Å². The molecule has 3 aromatic rings. The van der Waals surface area contributed by atoms with E-state index in [1.807, 2.05) is 26.0 Å². The zero-order chi connectivity index (χ0) is 15.9.